The van der Waals surface area contributed by atoms with Crippen LogP contribution in [-0.2, 0) is 0 Å². The number of rotatable bonds is 3. The number of carbonyl (C=O) groups is 1. The topological polar surface area (TPSA) is 39.2 Å². The maximum atomic E-state index is 10.9. The largest absolute Gasteiger partial charge is 0.496 e. The molecule has 0 saturated carbocycles. The summed E-state index contributed by atoms with van der Waals surface area (Å²) < 4.78 is 5.08. The Balaban J connectivity index is 2.48. The van der Waals surface area contributed by atoms with Crippen LogP contribution in [0.1, 0.15) is 10.4 Å². The first kappa shape index (κ1) is 10.4. The Morgan fingerprint density at radius 1 is 1.12 bits per heavy atom. The van der Waals surface area contributed by atoms with Gasteiger partial charge >= 0.3 is 0 Å². The molecule has 0 aliphatic rings. The van der Waals surface area contributed by atoms with Crippen molar-refractivity contribution < 1.29 is 9.53 Å². The highest BCUT2D eigenvalue weighted by Crippen LogP contribution is 2.24. The van der Waals surface area contributed by atoms with E-state index in [0.29, 0.717) is 11.3 Å². The number of benzene rings is 1. The lowest BCUT2D eigenvalue weighted by atomic mass is 10.0. The maximum absolute atomic E-state index is 10.9. The van der Waals surface area contributed by atoms with Crippen molar-refractivity contribution in [1.82, 2.24) is 4.98 Å². The fourth-order valence-electron chi connectivity index (χ4n) is 1.55. The average Bonchev–Trinajstić information content (AvgIpc) is 2.39. The van der Waals surface area contributed by atoms with Crippen molar-refractivity contribution in [3.8, 4) is 16.9 Å². The van der Waals surface area contributed by atoms with E-state index < -0.39 is 0 Å². The molecule has 3 heteroatoms. The van der Waals surface area contributed by atoms with Gasteiger partial charge in [-0.25, -0.2) is 0 Å². The van der Waals surface area contributed by atoms with E-state index in [1.54, 1.807) is 31.6 Å². The van der Waals surface area contributed by atoms with Gasteiger partial charge in [0.2, 0.25) is 0 Å². The van der Waals surface area contributed by atoms with Gasteiger partial charge in [-0.15, -0.1) is 0 Å². The Hall–Kier alpha value is -2.16. The summed E-state index contributed by atoms with van der Waals surface area (Å²) in [5, 5.41) is 0. The van der Waals surface area contributed by atoms with Gasteiger partial charge in [-0.2, -0.15) is 0 Å². The van der Waals surface area contributed by atoms with E-state index in [-0.39, 0.29) is 0 Å². The van der Waals surface area contributed by atoms with Gasteiger partial charge in [0.15, 0.2) is 6.29 Å². The molecule has 0 N–H and O–H groups in total. The Labute approximate surface area is 93.7 Å². The lowest BCUT2D eigenvalue weighted by Gasteiger charge is -2.06. The summed E-state index contributed by atoms with van der Waals surface area (Å²) in [6.45, 7) is 0. The van der Waals surface area contributed by atoms with Gasteiger partial charge in [-0.3, -0.25) is 9.78 Å². The number of aromatic nitrogens is 1. The second kappa shape index (κ2) is 4.57. The minimum atomic E-state index is 0.553. The molecule has 0 aliphatic heterocycles. The molecule has 2 aromatic rings. The van der Waals surface area contributed by atoms with Gasteiger partial charge in [0.25, 0.3) is 0 Å². The Kier molecular flexibility index (Phi) is 2.96. The Morgan fingerprint density at radius 2 is 1.88 bits per heavy atom. The van der Waals surface area contributed by atoms with E-state index in [1.807, 2.05) is 18.2 Å². The molecule has 2 rings (SSSR count). The SMILES string of the molecule is COc1ccc(-c2ccncc2)cc1C=O. The number of pyridine rings is 1. The van der Waals surface area contributed by atoms with E-state index >= 15 is 0 Å². The minimum Gasteiger partial charge on any atom is -0.496 e. The van der Waals surface area contributed by atoms with E-state index in [0.717, 1.165) is 17.4 Å². The van der Waals surface area contributed by atoms with Crippen molar-refractivity contribution in [3.05, 3.63) is 48.3 Å². The smallest absolute Gasteiger partial charge is 0.153 e. The van der Waals surface area contributed by atoms with Gasteiger partial charge in [0.1, 0.15) is 5.75 Å². The van der Waals surface area contributed by atoms with Crippen LogP contribution in [0.15, 0.2) is 42.7 Å². The molecule has 0 spiro atoms. The lowest BCUT2D eigenvalue weighted by molar-refractivity contribution is 0.112. The Bertz CT molecular complexity index is 495. The molecular formula is C13H11NO2. The summed E-state index contributed by atoms with van der Waals surface area (Å²) in [6.07, 6.45) is 4.24. The summed E-state index contributed by atoms with van der Waals surface area (Å²) in [4.78, 5) is 14.8. The molecule has 1 aromatic carbocycles. The van der Waals surface area contributed by atoms with Crippen molar-refractivity contribution in [2.75, 3.05) is 7.11 Å². The van der Waals surface area contributed by atoms with Crippen LogP contribution in [0.4, 0.5) is 0 Å². The monoisotopic (exact) mass is 213 g/mol. The third-order valence-corrected chi connectivity index (χ3v) is 2.37. The molecule has 0 radical (unpaired) electrons. The molecule has 1 aromatic heterocycles. The zero-order valence-corrected chi connectivity index (χ0v) is 8.88. The lowest BCUT2D eigenvalue weighted by Crippen LogP contribution is -1.91. The fraction of sp³-hybridized carbons (Fsp3) is 0.0769. The Morgan fingerprint density at radius 3 is 2.50 bits per heavy atom. The van der Waals surface area contributed by atoms with E-state index in [4.69, 9.17) is 4.74 Å². The standard InChI is InChI=1S/C13H11NO2/c1-16-13-3-2-11(8-12(13)9-15)10-4-6-14-7-5-10/h2-9H,1H3. The zero-order valence-electron chi connectivity index (χ0n) is 8.88. The minimum absolute atomic E-state index is 0.553. The van der Waals surface area contributed by atoms with Crippen LogP contribution in [0, 0.1) is 0 Å². The molecule has 0 fully saturated rings. The van der Waals surface area contributed by atoms with Crippen molar-refractivity contribution in [1.29, 1.82) is 0 Å². The molecule has 0 bridgehead atoms. The third kappa shape index (κ3) is 1.93. The first-order valence-corrected chi connectivity index (χ1v) is 4.89. The number of hydrogen-bond donors (Lipinski definition) is 0. The van der Waals surface area contributed by atoms with Crippen LogP contribution >= 0.6 is 0 Å². The molecule has 0 saturated heterocycles. The highest BCUT2D eigenvalue weighted by molar-refractivity contribution is 5.82. The highest BCUT2D eigenvalue weighted by atomic mass is 16.5. The van der Waals surface area contributed by atoms with Crippen molar-refractivity contribution in [3.63, 3.8) is 0 Å². The molecule has 0 atom stereocenters. The number of ether oxygens (including phenoxy) is 1. The van der Waals surface area contributed by atoms with Crippen LogP contribution in [0.2, 0.25) is 0 Å². The van der Waals surface area contributed by atoms with Crippen LogP contribution in [0.3, 0.4) is 0 Å². The zero-order chi connectivity index (χ0) is 11.4. The molecule has 3 nitrogen and oxygen atoms in total. The summed E-state index contributed by atoms with van der Waals surface area (Å²) >= 11 is 0. The molecule has 80 valence electrons. The summed E-state index contributed by atoms with van der Waals surface area (Å²) in [5.74, 6) is 0.591. The van der Waals surface area contributed by atoms with Crippen LogP contribution in [-0.4, -0.2) is 18.4 Å². The van der Waals surface area contributed by atoms with Gasteiger partial charge in [0.05, 0.1) is 12.7 Å². The summed E-state index contributed by atoms with van der Waals surface area (Å²) in [5.41, 5.74) is 2.56. The maximum Gasteiger partial charge on any atom is 0.153 e. The predicted octanol–water partition coefficient (Wildman–Crippen LogP) is 2.57. The quantitative estimate of drug-likeness (QED) is 0.735. The third-order valence-electron chi connectivity index (χ3n) is 2.37. The second-order valence-electron chi connectivity index (χ2n) is 3.31. The highest BCUT2D eigenvalue weighted by Gasteiger charge is 2.04. The number of hydrogen-bond acceptors (Lipinski definition) is 3. The van der Waals surface area contributed by atoms with Crippen molar-refractivity contribution in [2.45, 2.75) is 0 Å². The van der Waals surface area contributed by atoms with Crippen LogP contribution in [0.25, 0.3) is 11.1 Å². The van der Waals surface area contributed by atoms with E-state index in [1.165, 1.54) is 0 Å². The van der Waals surface area contributed by atoms with E-state index in [2.05, 4.69) is 4.98 Å². The van der Waals surface area contributed by atoms with Crippen LogP contribution < -0.4 is 4.74 Å². The number of methoxy groups -OCH3 is 1. The van der Waals surface area contributed by atoms with Gasteiger partial charge in [-0.05, 0) is 35.4 Å². The number of aldehydes is 1. The number of nitrogens with zero attached hydrogens (tertiary/aromatic N) is 1. The number of carbonyl (C=O) groups excluding carboxylic acids is 1. The van der Waals surface area contributed by atoms with Crippen LogP contribution in [0.5, 0.6) is 5.75 Å². The van der Waals surface area contributed by atoms with Crippen molar-refractivity contribution >= 4 is 6.29 Å². The normalized spacial score (nSPS) is 9.81. The van der Waals surface area contributed by atoms with Gasteiger partial charge in [0, 0.05) is 12.4 Å². The fourth-order valence-corrected chi connectivity index (χ4v) is 1.55. The first-order valence-electron chi connectivity index (χ1n) is 4.89. The van der Waals surface area contributed by atoms with Gasteiger partial charge in [-0.1, -0.05) is 6.07 Å². The first-order chi connectivity index (χ1) is 7.85. The van der Waals surface area contributed by atoms with Crippen molar-refractivity contribution in [2.24, 2.45) is 0 Å². The van der Waals surface area contributed by atoms with Gasteiger partial charge < -0.3 is 4.74 Å². The molecule has 0 aliphatic carbocycles. The molecule has 0 amide bonds. The van der Waals surface area contributed by atoms with E-state index in [9.17, 15) is 4.79 Å². The summed E-state index contributed by atoms with van der Waals surface area (Å²) in [6, 6.07) is 9.31. The average molecular weight is 213 g/mol. The second-order valence-corrected chi connectivity index (χ2v) is 3.31. The summed E-state index contributed by atoms with van der Waals surface area (Å²) in [7, 11) is 1.55. The molecule has 16 heavy (non-hydrogen) atoms. The molecule has 0 unspecified atom stereocenters. The predicted molar refractivity (Wildman–Crippen MR) is 61.6 cm³/mol. The molecule has 1 heterocycles. The molecular weight excluding hydrogens is 202 g/mol.